The highest BCUT2D eigenvalue weighted by Crippen LogP contribution is 2.29. The summed E-state index contributed by atoms with van der Waals surface area (Å²) in [6, 6.07) is 8.32. The summed E-state index contributed by atoms with van der Waals surface area (Å²) in [4.78, 5) is 13.7. The minimum Gasteiger partial charge on any atom is -0.461 e. The van der Waals surface area contributed by atoms with E-state index in [4.69, 9.17) is 4.74 Å². The third-order valence-electron chi connectivity index (χ3n) is 3.97. The number of ether oxygens (including phenoxy) is 1. The van der Waals surface area contributed by atoms with Crippen LogP contribution in [0.5, 0.6) is 0 Å². The Morgan fingerprint density at radius 1 is 1.36 bits per heavy atom. The quantitative estimate of drug-likeness (QED) is 0.617. The standard InChI is InChI=1S/C20H24N2O2S/c1-4-24-20(23)19-11-16-5-6-17(25-14(2)3)12-18(16)22(19)13-15-7-9-21-10-8-15/h5-9,11-12,14,21H,4,10,13H2,1-3H3. The molecule has 2 heterocycles. The second kappa shape index (κ2) is 7.83. The van der Waals surface area contributed by atoms with Crippen molar-refractivity contribution in [2.75, 3.05) is 13.2 Å². The molecule has 0 saturated heterocycles. The smallest absolute Gasteiger partial charge is 0.354 e. The minimum atomic E-state index is -0.268. The van der Waals surface area contributed by atoms with Crippen molar-refractivity contribution in [2.24, 2.45) is 0 Å². The monoisotopic (exact) mass is 356 g/mol. The summed E-state index contributed by atoms with van der Waals surface area (Å²) < 4.78 is 7.34. The molecule has 132 valence electrons. The van der Waals surface area contributed by atoms with E-state index in [0.29, 0.717) is 24.1 Å². The molecule has 0 atom stereocenters. The number of dihydropyridines is 1. The normalized spacial score (nSPS) is 13.8. The molecule has 1 aromatic carbocycles. The number of fused-ring (bicyclic) bond motifs is 1. The van der Waals surface area contributed by atoms with Crippen LogP contribution in [0.3, 0.4) is 0 Å². The number of nitrogens with one attached hydrogen (secondary N) is 1. The summed E-state index contributed by atoms with van der Waals surface area (Å²) in [6.45, 7) is 8.05. The zero-order chi connectivity index (χ0) is 17.8. The zero-order valence-corrected chi connectivity index (χ0v) is 15.7. The van der Waals surface area contributed by atoms with E-state index in [9.17, 15) is 4.79 Å². The molecule has 0 spiro atoms. The molecule has 0 saturated carbocycles. The fourth-order valence-electron chi connectivity index (χ4n) is 2.92. The number of allylic oxidation sites excluding steroid dienone is 2. The number of hydrogen-bond donors (Lipinski definition) is 1. The molecule has 0 fully saturated rings. The third-order valence-corrected chi connectivity index (χ3v) is 4.97. The molecule has 4 nitrogen and oxygen atoms in total. The Morgan fingerprint density at radius 3 is 2.88 bits per heavy atom. The summed E-state index contributed by atoms with van der Waals surface area (Å²) >= 11 is 1.83. The first-order valence-corrected chi connectivity index (χ1v) is 9.52. The van der Waals surface area contributed by atoms with Gasteiger partial charge >= 0.3 is 5.97 Å². The van der Waals surface area contributed by atoms with Gasteiger partial charge in [0.15, 0.2) is 0 Å². The summed E-state index contributed by atoms with van der Waals surface area (Å²) in [6.07, 6.45) is 6.15. The largest absolute Gasteiger partial charge is 0.461 e. The van der Waals surface area contributed by atoms with E-state index in [1.54, 1.807) is 0 Å². The van der Waals surface area contributed by atoms with Crippen molar-refractivity contribution in [3.63, 3.8) is 0 Å². The van der Waals surface area contributed by atoms with Gasteiger partial charge in [-0.15, -0.1) is 11.8 Å². The number of benzene rings is 1. The van der Waals surface area contributed by atoms with Crippen LogP contribution in [-0.2, 0) is 11.3 Å². The Kier molecular flexibility index (Phi) is 5.53. The zero-order valence-electron chi connectivity index (χ0n) is 14.9. The van der Waals surface area contributed by atoms with Crippen LogP contribution in [0.25, 0.3) is 10.9 Å². The lowest BCUT2D eigenvalue weighted by atomic mass is 10.2. The maximum Gasteiger partial charge on any atom is 0.354 e. The molecule has 0 amide bonds. The second-order valence-electron chi connectivity index (χ2n) is 6.24. The highest BCUT2D eigenvalue weighted by Gasteiger charge is 2.18. The molecule has 0 aliphatic carbocycles. The van der Waals surface area contributed by atoms with Crippen LogP contribution in [0.1, 0.15) is 31.3 Å². The lowest BCUT2D eigenvalue weighted by molar-refractivity contribution is 0.0515. The predicted octanol–water partition coefficient (Wildman–Crippen LogP) is 4.36. The molecule has 1 aliphatic heterocycles. The first-order chi connectivity index (χ1) is 12.1. The highest BCUT2D eigenvalue weighted by molar-refractivity contribution is 7.99. The van der Waals surface area contributed by atoms with Crippen LogP contribution in [0.15, 0.2) is 53.1 Å². The Morgan fingerprint density at radius 2 is 2.20 bits per heavy atom. The number of thioether (sulfide) groups is 1. The minimum absolute atomic E-state index is 0.268. The van der Waals surface area contributed by atoms with Gasteiger partial charge in [-0.05, 0) is 43.0 Å². The summed E-state index contributed by atoms with van der Waals surface area (Å²) in [5.41, 5.74) is 2.86. The lowest BCUT2D eigenvalue weighted by Gasteiger charge is -2.14. The van der Waals surface area contributed by atoms with E-state index in [0.717, 1.165) is 17.4 Å². The van der Waals surface area contributed by atoms with Gasteiger partial charge in [-0.25, -0.2) is 4.79 Å². The topological polar surface area (TPSA) is 43.3 Å². The molecule has 1 aliphatic rings. The summed E-state index contributed by atoms with van der Waals surface area (Å²) in [7, 11) is 0. The summed E-state index contributed by atoms with van der Waals surface area (Å²) in [5, 5.41) is 4.74. The van der Waals surface area contributed by atoms with Crippen LogP contribution < -0.4 is 5.32 Å². The molecule has 0 radical (unpaired) electrons. The Labute approximate surface area is 152 Å². The van der Waals surface area contributed by atoms with Crippen molar-refractivity contribution in [1.29, 1.82) is 0 Å². The van der Waals surface area contributed by atoms with Crippen LogP contribution >= 0.6 is 11.8 Å². The van der Waals surface area contributed by atoms with Gasteiger partial charge in [0.05, 0.1) is 12.1 Å². The Bertz CT molecular complexity index is 834. The fraction of sp³-hybridized carbons (Fsp3) is 0.350. The Hall–Kier alpha value is -2.14. The van der Waals surface area contributed by atoms with Crippen molar-refractivity contribution >= 4 is 28.6 Å². The van der Waals surface area contributed by atoms with E-state index in [1.807, 2.05) is 31.0 Å². The van der Waals surface area contributed by atoms with Gasteiger partial charge in [0.1, 0.15) is 5.69 Å². The number of nitrogens with zero attached hydrogens (tertiary/aromatic N) is 1. The van der Waals surface area contributed by atoms with Crippen molar-refractivity contribution in [1.82, 2.24) is 9.88 Å². The fourth-order valence-corrected chi connectivity index (χ4v) is 3.79. The second-order valence-corrected chi connectivity index (χ2v) is 7.89. The molecule has 0 unspecified atom stereocenters. The van der Waals surface area contributed by atoms with Gasteiger partial charge in [0, 0.05) is 28.6 Å². The molecular formula is C20H24N2O2S. The van der Waals surface area contributed by atoms with Gasteiger partial charge in [-0.2, -0.15) is 0 Å². The number of aromatic nitrogens is 1. The van der Waals surface area contributed by atoms with Gasteiger partial charge in [-0.1, -0.05) is 26.0 Å². The molecule has 25 heavy (non-hydrogen) atoms. The number of carbonyl (C=O) groups excluding carboxylic acids is 1. The SMILES string of the molecule is CCOC(=O)c1cc2ccc(SC(C)C)cc2n1CC1=CCNC=C1. The van der Waals surface area contributed by atoms with E-state index in [2.05, 4.69) is 54.1 Å². The van der Waals surface area contributed by atoms with Crippen molar-refractivity contribution in [2.45, 2.75) is 37.5 Å². The van der Waals surface area contributed by atoms with Crippen LogP contribution in [-0.4, -0.2) is 28.9 Å². The van der Waals surface area contributed by atoms with E-state index >= 15 is 0 Å². The summed E-state index contributed by atoms with van der Waals surface area (Å²) in [5.74, 6) is -0.268. The predicted molar refractivity (Wildman–Crippen MR) is 104 cm³/mol. The third kappa shape index (κ3) is 4.10. The average molecular weight is 356 g/mol. The van der Waals surface area contributed by atoms with Crippen LogP contribution in [0.2, 0.25) is 0 Å². The number of hydrogen-bond acceptors (Lipinski definition) is 4. The molecule has 1 aromatic heterocycles. The molecule has 1 N–H and O–H groups in total. The van der Waals surface area contributed by atoms with Crippen LogP contribution in [0, 0.1) is 0 Å². The van der Waals surface area contributed by atoms with Gasteiger partial charge < -0.3 is 14.6 Å². The van der Waals surface area contributed by atoms with Crippen molar-refractivity contribution in [3.8, 4) is 0 Å². The van der Waals surface area contributed by atoms with Gasteiger partial charge in [-0.3, -0.25) is 0 Å². The highest BCUT2D eigenvalue weighted by atomic mass is 32.2. The first kappa shape index (κ1) is 17.7. The van der Waals surface area contributed by atoms with Crippen molar-refractivity contribution in [3.05, 3.63) is 53.9 Å². The molecular weight excluding hydrogens is 332 g/mol. The molecule has 0 bridgehead atoms. The van der Waals surface area contributed by atoms with Crippen LogP contribution in [0.4, 0.5) is 0 Å². The number of esters is 1. The van der Waals surface area contributed by atoms with E-state index in [1.165, 1.54) is 10.5 Å². The van der Waals surface area contributed by atoms with Gasteiger partial charge in [0.2, 0.25) is 0 Å². The average Bonchev–Trinajstić information content (AvgIpc) is 2.94. The van der Waals surface area contributed by atoms with Crippen molar-refractivity contribution < 1.29 is 9.53 Å². The maximum absolute atomic E-state index is 12.4. The molecule has 2 aromatic rings. The van der Waals surface area contributed by atoms with E-state index in [-0.39, 0.29) is 5.97 Å². The Balaban J connectivity index is 2.06. The van der Waals surface area contributed by atoms with E-state index < -0.39 is 0 Å². The van der Waals surface area contributed by atoms with Gasteiger partial charge in [0.25, 0.3) is 0 Å². The maximum atomic E-state index is 12.4. The lowest BCUT2D eigenvalue weighted by Crippen LogP contribution is -2.15. The molecule has 3 rings (SSSR count). The molecule has 5 heteroatoms. The number of carbonyl (C=O) groups is 1. The first-order valence-electron chi connectivity index (χ1n) is 8.64. The number of rotatable bonds is 6.